The molecule has 1 aromatic heterocycles. The number of hydrogen-bond donors (Lipinski definition) is 1. The van der Waals surface area contributed by atoms with Gasteiger partial charge in [0.25, 0.3) is 0 Å². The maximum Gasteiger partial charge on any atom is 0.0807 e. The lowest BCUT2D eigenvalue weighted by atomic mass is 9.88. The molecule has 0 bridgehead atoms. The molecule has 1 N–H and O–H groups in total. The van der Waals surface area contributed by atoms with Crippen molar-refractivity contribution in [1.29, 1.82) is 0 Å². The average molecular weight is 206 g/mol. The molecule has 0 aliphatic rings. The number of nitrogens with zero attached hydrogens (tertiary/aromatic N) is 2. The first kappa shape index (κ1) is 11.9. The SMILES string of the molecule is CC(C)(C)[C@H](CO)N=Cc1ccccn1. The molecule has 1 rings (SSSR count). The van der Waals surface area contributed by atoms with E-state index in [0.717, 1.165) is 5.69 Å². The quantitative estimate of drug-likeness (QED) is 0.768. The largest absolute Gasteiger partial charge is 0.394 e. The second kappa shape index (κ2) is 5.03. The molecule has 3 nitrogen and oxygen atoms in total. The van der Waals surface area contributed by atoms with Crippen molar-refractivity contribution >= 4 is 6.21 Å². The molecule has 0 fully saturated rings. The predicted molar refractivity (Wildman–Crippen MR) is 62.2 cm³/mol. The number of aliphatic imine (C=N–C) groups is 1. The number of aliphatic hydroxyl groups is 1. The van der Waals surface area contributed by atoms with Gasteiger partial charge in [0.15, 0.2) is 0 Å². The summed E-state index contributed by atoms with van der Waals surface area (Å²) < 4.78 is 0. The molecule has 0 aromatic carbocycles. The fourth-order valence-corrected chi connectivity index (χ4v) is 1.16. The standard InChI is InChI=1S/C12H18N2O/c1-12(2,3)11(9-15)14-8-10-6-4-5-7-13-10/h4-8,11,15H,9H2,1-3H3/t11-/m0/s1. The van der Waals surface area contributed by atoms with E-state index in [0.29, 0.717) is 0 Å². The molecule has 0 spiro atoms. The van der Waals surface area contributed by atoms with Crippen LogP contribution >= 0.6 is 0 Å². The van der Waals surface area contributed by atoms with E-state index in [9.17, 15) is 5.11 Å². The molecule has 15 heavy (non-hydrogen) atoms. The minimum atomic E-state index is -0.0838. The lowest BCUT2D eigenvalue weighted by molar-refractivity contribution is 0.191. The third-order valence-electron chi connectivity index (χ3n) is 2.25. The van der Waals surface area contributed by atoms with Gasteiger partial charge in [-0.1, -0.05) is 26.8 Å². The van der Waals surface area contributed by atoms with Crippen LogP contribution in [0.2, 0.25) is 0 Å². The number of pyridine rings is 1. The van der Waals surface area contributed by atoms with E-state index in [-0.39, 0.29) is 18.1 Å². The minimum Gasteiger partial charge on any atom is -0.394 e. The molecular weight excluding hydrogens is 188 g/mol. The fraction of sp³-hybridized carbons (Fsp3) is 0.500. The van der Waals surface area contributed by atoms with Crippen LogP contribution in [-0.4, -0.2) is 29.0 Å². The zero-order valence-corrected chi connectivity index (χ0v) is 9.51. The van der Waals surface area contributed by atoms with Crippen molar-refractivity contribution < 1.29 is 5.11 Å². The van der Waals surface area contributed by atoms with Gasteiger partial charge in [-0.15, -0.1) is 0 Å². The molecule has 0 unspecified atom stereocenters. The first-order valence-corrected chi connectivity index (χ1v) is 5.09. The highest BCUT2D eigenvalue weighted by atomic mass is 16.3. The summed E-state index contributed by atoms with van der Waals surface area (Å²) in [6.45, 7) is 6.24. The van der Waals surface area contributed by atoms with Crippen molar-refractivity contribution in [1.82, 2.24) is 4.98 Å². The lowest BCUT2D eigenvalue weighted by Crippen LogP contribution is -2.28. The van der Waals surface area contributed by atoms with E-state index in [1.165, 1.54) is 0 Å². The van der Waals surface area contributed by atoms with Gasteiger partial charge in [-0.3, -0.25) is 9.98 Å². The van der Waals surface area contributed by atoms with E-state index in [2.05, 4.69) is 30.7 Å². The predicted octanol–water partition coefficient (Wildman–Crippen LogP) is 1.91. The number of aliphatic hydroxyl groups excluding tert-OH is 1. The summed E-state index contributed by atoms with van der Waals surface area (Å²) in [5.74, 6) is 0. The van der Waals surface area contributed by atoms with Crippen molar-refractivity contribution in [2.45, 2.75) is 26.8 Å². The molecule has 82 valence electrons. The van der Waals surface area contributed by atoms with Crippen molar-refractivity contribution in [2.24, 2.45) is 10.4 Å². The molecule has 0 saturated carbocycles. The number of hydrogen-bond acceptors (Lipinski definition) is 3. The highest BCUT2D eigenvalue weighted by Crippen LogP contribution is 2.21. The molecular formula is C12H18N2O. The normalized spacial score (nSPS) is 14.4. The van der Waals surface area contributed by atoms with Gasteiger partial charge in [0.05, 0.1) is 18.3 Å². The highest BCUT2D eigenvalue weighted by molar-refractivity contribution is 5.76. The molecule has 1 atom stereocenters. The van der Waals surface area contributed by atoms with Gasteiger partial charge in [0.1, 0.15) is 0 Å². The van der Waals surface area contributed by atoms with Crippen LogP contribution in [-0.2, 0) is 0 Å². The summed E-state index contributed by atoms with van der Waals surface area (Å²) >= 11 is 0. The molecule has 3 heteroatoms. The maximum atomic E-state index is 9.21. The highest BCUT2D eigenvalue weighted by Gasteiger charge is 2.22. The Morgan fingerprint density at radius 1 is 1.47 bits per heavy atom. The molecule has 1 heterocycles. The van der Waals surface area contributed by atoms with Crippen molar-refractivity contribution in [3.8, 4) is 0 Å². The van der Waals surface area contributed by atoms with E-state index < -0.39 is 0 Å². The van der Waals surface area contributed by atoms with Crippen LogP contribution in [0.25, 0.3) is 0 Å². The first-order valence-electron chi connectivity index (χ1n) is 5.09. The van der Waals surface area contributed by atoms with Gasteiger partial charge in [-0.05, 0) is 17.5 Å². The van der Waals surface area contributed by atoms with Crippen LogP contribution in [0.1, 0.15) is 26.5 Å². The number of rotatable bonds is 3. The van der Waals surface area contributed by atoms with Gasteiger partial charge in [0, 0.05) is 12.4 Å². The summed E-state index contributed by atoms with van der Waals surface area (Å²) in [5.41, 5.74) is 0.792. The third-order valence-corrected chi connectivity index (χ3v) is 2.25. The zero-order chi connectivity index (χ0) is 11.3. The Hall–Kier alpha value is -1.22. The first-order chi connectivity index (χ1) is 7.04. The van der Waals surface area contributed by atoms with Crippen LogP contribution in [0, 0.1) is 5.41 Å². The van der Waals surface area contributed by atoms with Gasteiger partial charge < -0.3 is 5.11 Å². The van der Waals surface area contributed by atoms with Crippen LogP contribution in [0.3, 0.4) is 0 Å². The Bertz CT molecular complexity index is 314. The molecule has 0 amide bonds. The van der Waals surface area contributed by atoms with Crippen molar-refractivity contribution in [3.63, 3.8) is 0 Å². The fourth-order valence-electron chi connectivity index (χ4n) is 1.16. The topological polar surface area (TPSA) is 45.5 Å². The van der Waals surface area contributed by atoms with Crippen LogP contribution in [0.4, 0.5) is 0 Å². The smallest absolute Gasteiger partial charge is 0.0807 e. The average Bonchev–Trinajstić information content (AvgIpc) is 2.18. The Morgan fingerprint density at radius 3 is 2.67 bits per heavy atom. The summed E-state index contributed by atoms with van der Waals surface area (Å²) in [4.78, 5) is 8.48. The third kappa shape index (κ3) is 3.80. The van der Waals surface area contributed by atoms with E-state index >= 15 is 0 Å². The molecule has 0 aliphatic heterocycles. The monoisotopic (exact) mass is 206 g/mol. The second-order valence-corrected chi connectivity index (χ2v) is 4.60. The Morgan fingerprint density at radius 2 is 2.20 bits per heavy atom. The maximum absolute atomic E-state index is 9.21. The summed E-state index contributed by atoms with van der Waals surface area (Å²) in [7, 11) is 0. The second-order valence-electron chi connectivity index (χ2n) is 4.60. The van der Waals surface area contributed by atoms with Gasteiger partial charge in [-0.25, -0.2) is 0 Å². The van der Waals surface area contributed by atoms with Crippen LogP contribution < -0.4 is 0 Å². The molecule has 1 aromatic rings. The molecule has 0 radical (unpaired) electrons. The van der Waals surface area contributed by atoms with Crippen LogP contribution in [0.15, 0.2) is 29.4 Å². The van der Waals surface area contributed by atoms with Crippen molar-refractivity contribution in [2.75, 3.05) is 6.61 Å². The Labute approximate surface area is 90.9 Å². The van der Waals surface area contributed by atoms with Gasteiger partial charge in [0.2, 0.25) is 0 Å². The van der Waals surface area contributed by atoms with E-state index in [4.69, 9.17) is 0 Å². The molecule has 0 aliphatic carbocycles. The number of aromatic nitrogens is 1. The minimum absolute atomic E-state index is 0.0277. The summed E-state index contributed by atoms with van der Waals surface area (Å²) in [6.07, 6.45) is 3.44. The molecule has 0 saturated heterocycles. The van der Waals surface area contributed by atoms with Gasteiger partial charge >= 0.3 is 0 Å². The Kier molecular flexibility index (Phi) is 3.97. The lowest BCUT2D eigenvalue weighted by Gasteiger charge is -2.25. The van der Waals surface area contributed by atoms with E-state index in [1.54, 1.807) is 12.4 Å². The van der Waals surface area contributed by atoms with Crippen molar-refractivity contribution in [3.05, 3.63) is 30.1 Å². The summed E-state index contributed by atoms with van der Waals surface area (Å²) in [5, 5.41) is 9.21. The Balaban J connectivity index is 2.72. The van der Waals surface area contributed by atoms with Gasteiger partial charge in [-0.2, -0.15) is 0 Å². The van der Waals surface area contributed by atoms with E-state index in [1.807, 2.05) is 18.2 Å². The summed E-state index contributed by atoms with van der Waals surface area (Å²) in [6, 6.07) is 5.59. The zero-order valence-electron chi connectivity index (χ0n) is 9.51. The van der Waals surface area contributed by atoms with Crippen LogP contribution in [0.5, 0.6) is 0 Å².